The minimum absolute atomic E-state index is 0.00370. The molecule has 0 aromatic heterocycles. The zero-order valence-corrected chi connectivity index (χ0v) is 12.4. The zero-order valence-electron chi connectivity index (χ0n) is 12.4. The Labute approximate surface area is 131 Å². The Morgan fingerprint density at radius 3 is 2.61 bits per heavy atom. The highest BCUT2D eigenvalue weighted by molar-refractivity contribution is 6.01. The van der Waals surface area contributed by atoms with E-state index in [0.29, 0.717) is 17.5 Å². The minimum atomic E-state index is -3.94. The van der Waals surface area contributed by atoms with Crippen LogP contribution in [0.2, 0.25) is 0 Å². The van der Waals surface area contributed by atoms with E-state index in [1.54, 1.807) is 24.3 Å². The second kappa shape index (κ2) is 5.61. The molecule has 23 heavy (non-hydrogen) atoms. The fourth-order valence-corrected chi connectivity index (χ4v) is 2.59. The number of hydrogen-bond acceptors (Lipinski definition) is 2. The molecule has 0 bridgehead atoms. The van der Waals surface area contributed by atoms with Crippen LogP contribution in [0.15, 0.2) is 42.5 Å². The average molecular weight is 321 g/mol. The van der Waals surface area contributed by atoms with Gasteiger partial charge in [0.25, 0.3) is 0 Å². The van der Waals surface area contributed by atoms with E-state index in [4.69, 9.17) is 0 Å². The van der Waals surface area contributed by atoms with Crippen LogP contribution in [0.1, 0.15) is 18.1 Å². The average Bonchev–Trinajstić information content (AvgIpc) is 2.51. The van der Waals surface area contributed by atoms with Crippen molar-refractivity contribution in [2.75, 3.05) is 4.90 Å². The van der Waals surface area contributed by atoms with Gasteiger partial charge >= 0.3 is 12.0 Å². The van der Waals surface area contributed by atoms with Crippen molar-refractivity contribution < 1.29 is 22.7 Å². The molecule has 1 aliphatic heterocycles. The number of nitrogens with zero attached hydrogens (tertiary/aromatic N) is 1. The lowest BCUT2D eigenvalue weighted by Gasteiger charge is -2.34. The molecule has 0 fully saturated rings. The number of hydrogen-bond donors (Lipinski definition) is 0. The Morgan fingerprint density at radius 2 is 1.91 bits per heavy atom. The first-order chi connectivity index (χ1) is 10.9. The quantitative estimate of drug-likeness (QED) is 0.858. The highest BCUT2D eigenvalue weighted by atomic mass is 19.3. The Hall–Kier alpha value is -2.50. The number of halogens is 3. The molecule has 0 unspecified atom stereocenters. The van der Waals surface area contributed by atoms with Gasteiger partial charge in [0.1, 0.15) is 5.82 Å². The fraction of sp³-hybridized carbons (Fsp3) is 0.235. The zero-order chi connectivity index (χ0) is 16.6. The summed E-state index contributed by atoms with van der Waals surface area (Å²) in [5.41, 5.74) is 1.27. The predicted octanol–water partition coefficient (Wildman–Crippen LogP) is 3.91. The summed E-state index contributed by atoms with van der Waals surface area (Å²) in [5, 5.41) is 0. The minimum Gasteiger partial charge on any atom is -0.423 e. The summed E-state index contributed by atoms with van der Waals surface area (Å²) >= 11 is 0. The summed E-state index contributed by atoms with van der Waals surface area (Å²) in [7, 11) is 0. The summed E-state index contributed by atoms with van der Waals surface area (Å²) < 4.78 is 45.8. The van der Waals surface area contributed by atoms with Gasteiger partial charge in [0, 0.05) is 0 Å². The topological polar surface area (TPSA) is 29.5 Å². The van der Waals surface area contributed by atoms with Crippen molar-refractivity contribution in [3.05, 3.63) is 59.4 Å². The molecule has 0 spiro atoms. The first-order valence-electron chi connectivity index (χ1n) is 7.17. The van der Waals surface area contributed by atoms with Crippen LogP contribution < -0.4 is 9.64 Å². The van der Waals surface area contributed by atoms with E-state index in [1.165, 1.54) is 18.2 Å². The molecule has 0 atom stereocenters. The highest BCUT2D eigenvalue weighted by Gasteiger charge is 2.50. The largest absolute Gasteiger partial charge is 0.483 e. The molecular formula is C17H14F3NO2. The van der Waals surface area contributed by atoms with Gasteiger partial charge in [0.15, 0.2) is 5.75 Å². The summed E-state index contributed by atoms with van der Waals surface area (Å²) in [5.74, 6) is -1.95. The number of amides is 1. The fourth-order valence-electron chi connectivity index (χ4n) is 2.59. The molecular weight excluding hydrogens is 307 g/mol. The van der Waals surface area contributed by atoms with Gasteiger partial charge in [-0.05, 0) is 35.7 Å². The van der Waals surface area contributed by atoms with E-state index < -0.39 is 17.8 Å². The maximum absolute atomic E-state index is 13.9. The number of para-hydroxylation sites is 1. The molecule has 0 N–H and O–H groups in total. The molecule has 3 rings (SSSR count). The van der Waals surface area contributed by atoms with Crippen LogP contribution in [0.25, 0.3) is 0 Å². The van der Waals surface area contributed by atoms with Gasteiger partial charge in [-0.15, -0.1) is 0 Å². The molecule has 0 radical (unpaired) electrons. The predicted molar refractivity (Wildman–Crippen MR) is 79.0 cm³/mol. The molecule has 2 aromatic carbocycles. The van der Waals surface area contributed by atoms with Crippen molar-refractivity contribution >= 4 is 11.6 Å². The highest BCUT2D eigenvalue weighted by Crippen LogP contribution is 2.42. The van der Waals surface area contributed by atoms with Crippen molar-refractivity contribution in [1.82, 2.24) is 0 Å². The lowest BCUT2D eigenvalue weighted by molar-refractivity contribution is -0.193. The number of anilines is 1. The molecule has 1 aliphatic rings. The number of rotatable bonds is 3. The number of carbonyl (C=O) groups excluding carboxylic acids is 1. The van der Waals surface area contributed by atoms with Gasteiger partial charge in [0.2, 0.25) is 0 Å². The first kappa shape index (κ1) is 15.4. The summed E-state index contributed by atoms with van der Waals surface area (Å²) in [6.45, 7) is 1.65. The van der Waals surface area contributed by atoms with Gasteiger partial charge in [-0.25, -0.2) is 4.39 Å². The third kappa shape index (κ3) is 2.76. The Balaban J connectivity index is 2.07. The number of fused-ring (bicyclic) bond motifs is 1. The first-order valence-corrected chi connectivity index (χ1v) is 7.17. The van der Waals surface area contributed by atoms with Gasteiger partial charge in [-0.2, -0.15) is 8.78 Å². The van der Waals surface area contributed by atoms with Crippen molar-refractivity contribution in [2.24, 2.45) is 0 Å². The second-order valence-electron chi connectivity index (χ2n) is 5.26. The summed E-state index contributed by atoms with van der Waals surface area (Å²) in [4.78, 5) is 13.0. The number of ether oxygens (including phenoxy) is 1. The van der Waals surface area contributed by atoms with E-state index in [-0.39, 0.29) is 18.0 Å². The van der Waals surface area contributed by atoms with Crippen molar-refractivity contribution in [2.45, 2.75) is 26.0 Å². The molecule has 1 heterocycles. The molecule has 2 aromatic rings. The lowest BCUT2D eigenvalue weighted by atomic mass is 10.1. The SMILES string of the molecule is CCc1cccc2c1OC(F)(F)C(=O)N2Cc1cccc(F)c1. The maximum atomic E-state index is 13.9. The molecule has 1 amide bonds. The van der Waals surface area contributed by atoms with Crippen LogP contribution >= 0.6 is 0 Å². The van der Waals surface area contributed by atoms with Gasteiger partial charge < -0.3 is 4.74 Å². The molecule has 3 nitrogen and oxygen atoms in total. The van der Waals surface area contributed by atoms with E-state index in [9.17, 15) is 18.0 Å². The van der Waals surface area contributed by atoms with E-state index in [2.05, 4.69) is 4.74 Å². The van der Waals surface area contributed by atoms with Gasteiger partial charge in [0.05, 0.1) is 12.2 Å². The lowest BCUT2D eigenvalue weighted by Crippen LogP contribution is -2.50. The Kier molecular flexibility index (Phi) is 3.75. The Bertz CT molecular complexity index is 761. The third-order valence-corrected chi connectivity index (χ3v) is 3.70. The van der Waals surface area contributed by atoms with Crippen LogP contribution in [0.4, 0.5) is 18.9 Å². The molecule has 0 saturated heterocycles. The third-order valence-electron chi connectivity index (χ3n) is 3.70. The molecule has 0 aliphatic carbocycles. The maximum Gasteiger partial charge on any atom is 0.483 e. The van der Waals surface area contributed by atoms with Crippen molar-refractivity contribution in [3.8, 4) is 5.75 Å². The number of carbonyl (C=O) groups is 1. The van der Waals surface area contributed by atoms with Gasteiger partial charge in [-0.3, -0.25) is 9.69 Å². The van der Waals surface area contributed by atoms with Crippen molar-refractivity contribution in [3.63, 3.8) is 0 Å². The van der Waals surface area contributed by atoms with Crippen LogP contribution in [0.3, 0.4) is 0 Å². The summed E-state index contributed by atoms with van der Waals surface area (Å²) in [6.07, 6.45) is -3.45. The van der Waals surface area contributed by atoms with E-state index in [1.807, 2.05) is 6.92 Å². The number of aryl methyl sites for hydroxylation is 1. The van der Waals surface area contributed by atoms with Crippen LogP contribution in [0.5, 0.6) is 5.75 Å². The number of benzene rings is 2. The van der Waals surface area contributed by atoms with Crippen LogP contribution in [0, 0.1) is 5.82 Å². The molecule has 0 saturated carbocycles. The van der Waals surface area contributed by atoms with Gasteiger partial charge in [-0.1, -0.05) is 31.2 Å². The number of alkyl halides is 2. The molecule has 120 valence electrons. The van der Waals surface area contributed by atoms with Crippen LogP contribution in [-0.2, 0) is 17.8 Å². The molecule has 6 heteroatoms. The standard InChI is InChI=1S/C17H14F3NO2/c1-2-12-6-4-8-14-15(12)23-17(19,20)16(22)21(14)10-11-5-3-7-13(18)9-11/h3-9H,2,10H2,1H3. The monoisotopic (exact) mass is 321 g/mol. The van der Waals surface area contributed by atoms with E-state index in [0.717, 1.165) is 4.90 Å². The Morgan fingerprint density at radius 1 is 1.17 bits per heavy atom. The van der Waals surface area contributed by atoms with E-state index >= 15 is 0 Å². The van der Waals surface area contributed by atoms with Crippen LogP contribution in [-0.4, -0.2) is 12.0 Å². The normalized spacial score (nSPS) is 16.0. The smallest absolute Gasteiger partial charge is 0.423 e. The van der Waals surface area contributed by atoms with Crippen molar-refractivity contribution in [1.29, 1.82) is 0 Å². The summed E-state index contributed by atoms with van der Waals surface area (Å²) in [6, 6.07) is 10.4. The second-order valence-corrected chi connectivity index (χ2v) is 5.26.